The van der Waals surface area contributed by atoms with E-state index in [4.69, 9.17) is 28.2 Å². The Labute approximate surface area is 203 Å². The zero-order valence-electron chi connectivity index (χ0n) is 18.5. The molecule has 2 aliphatic carbocycles. The van der Waals surface area contributed by atoms with Crippen LogP contribution >= 0.6 is 23.2 Å². The van der Waals surface area contributed by atoms with E-state index < -0.39 is 11.9 Å². The molecule has 1 unspecified atom stereocenters. The van der Waals surface area contributed by atoms with Gasteiger partial charge in [-0.1, -0.05) is 55.3 Å². The standard InChI is InChI=1S/C26H28Cl2FN3O/c27-18-12-10-17(11-13-18)25-31-22-15-21(29)20(28)14-23(22)32(25)24(16-6-4-5-7-16)26(33)30-19-8-2-1-3-9-19/h10-16,19,24H,1-9H2,(H,30,33). The topological polar surface area (TPSA) is 46.9 Å². The van der Waals surface area contributed by atoms with Crippen LogP contribution in [0.2, 0.25) is 10.0 Å². The molecule has 1 heterocycles. The molecule has 1 amide bonds. The van der Waals surface area contributed by atoms with Gasteiger partial charge in [-0.05, 0) is 61.9 Å². The summed E-state index contributed by atoms with van der Waals surface area (Å²) in [5.41, 5.74) is 2.01. The van der Waals surface area contributed by atoms with Crippen LogP contribution in [0, 0.1) is 11.7 Å². The number of halogens is 3. The van der Waals surface area contributed by atoms with Crippen LogP contribution in [0.25, 0.3) is 22.4 Å². The van der Waals surface area contributed by atoms with Crippen LogP contribution in [0.1, 0.15) is 63.8 Å². The third-order valence-corrected chi connectivity index (χ3v) is 7.72. The molecular weight excluding hydrogens is 460 g/mol. The summed E-state index contributed by atoms with van der Waals surface area (Å²) in [6, 6.07) is 10.1. The summed E-state index contributed by atoms with van der Waals surface area (Å²) in [6.07, 6.45) is 9.76. The lowest BCUT2D eigenvalue weighted by Crippen LogP contribution is -2.43. The maximum absolute atomic E-state index is 14.3. The summed E-state index contributed by atoms with van der Waals surface area (Å²) in [5.74, 6) is 0.351. The zero-order chi connectivity index (χ0) is 22.9. The second-order valence-corrected chi connectivity index (χ2v) is 10.2. The molecule has 0 saturated heterocycles. The van der Waals surface area contributed by atoms with Gasteiger partial charge in [0.25, 0.3) is 0 Å². The molecule has 1 atom stereocenters. The molecule has 5 rings (SSSR count). The Kier molecular flexibility index (Phi) is 6.62. The van der Waals surface area contributed by atoms with E-state index in [1.165, 1.54) is 12.5 Å². The summed E-state index contributed by atoms with van der Waals surface area (Å²) in [5, 5.41) is 4.00. The summed E-state index contributed by atoms with van der Waals surface area (Å²) in [4.78, 5) is 18.6. The van der Waals surface area contributed by atoms with Crippen LogP contribution in [-0.4, -0.2) is 21.5 Å². The highest BCUT2D eigenvalue weighted by Gasteiger charge is 2.36. The number of rotatable bonds is 5. The van der Waals surface area contributed by atoms with Gasteiger partial charge in [-0.25, -0.2) is 9.37 Å². The summed E-state index contributed by atoms with van der Waals surface area (Å²) in [7, 11) is 0. The number of fused-ring (bicyclic) bond motifs is 1. The normalized spacial score (nSPS) is 18.6. The van der Waals surface area contributed by atoms with Gasteiger partial charge in [-0.2, -0.15) is 0 Å². The van der Waals surface area contributed by atoms with Crippen molar-refractivity contribution in [1.29, 1.82) is 0 Å². The number of nitrogens with one attached hydrogen (secondary N) is 1. The molecule has 2 aromatic carbocycles. The van der Waals surface area contributed by atoms with Gasteiger partial charge in [0, 0.05) is 22.7 Å². The fraction of sp³-hybridized carbons (Fsp3) is 0.462. The van der Waals surface area contributed by atoms with Gasteiger partial charge in [-0.3, -0.25) is 4.79 Å². The van der Waals surface area contributed by atoms with Crippen molar-refractivity contribution in [3.63, 3.8) is 0 Å². The third kappa shape index (κ3) is 4.63. The molecule has 3 aromatic rings. The highest BCUT2D eigenvalue weighted by Crippen LogP contribution is 2.40. The first-order valence-corrected chi connectivity index (χ1v) is 12.7. The SMILES string of the molecule is O=C(NC1CCCCC1)C(C1CCCC1)n1c(-c2ccc(Cl)cc2)nc2cc(F)c(Cl)cc21. The molecule has 0 bridgehead atoms. The summed E-state index contributed by atoms with van der Waals surface area (Å²) >= 11 is 12.3. The van der Waals surface area contributed by atoms with Crippen molar-refractivity contribution in [2.75, 3.05) is 0 Å². The van der Waals surface area contributed by atoms with E-state index in [9.17, 15) is 9.18 Å². The van der Waals surface area contributed by atoms with Crippen molar-refractivity contribution < 1.29 is 9.18 Å². The molecule has 2 saturated carbocycles. The number of nitrogens with zero attached hydrogens (tertiary/aromatic N) is 2. The summed E-state index contributed by atoms with van der Waals surface area (Å²) in [6.45, 7) is 0. The molecule has 4 nitrogen and oxygen atoms in total. The Morgan fingerprint density at radius 2 is 1.67 bits per heavy atom. The first-order valence-electron chi connectivity index (χ1n) is 11.9. The van der Waals surface area contributed by atoms with Crippen molar-refractivity contribution in [3.05, 3.63) is 52.3 Å². The Bertz CT molecular complexity index is 1150. The second kappa shape index (κ2) is 9.63. The number of hydrogen-bond donors (Lipinski definition) is 1. The van der Waals surface area contributed by atoms with Crippen LogP contribution < -0.4 is 5.32 Å². The third-order valence-electron chi connectivity index (χ3n) is 7.18. The summed E-state index contributed by atoms with van der Waals surface area (Å²) < 4.78 is 16.3. The maximum atomic E-state index is 14.3. The average molecular weight is 488 g/mol. The lowest BCUT2D eigenvalue weighted by Gasteiger charge is -2.30. The molecular formula is C26H28Cl2FN3O. The number of carbonyl (C=O) groups excluding carboxylic acids is 1. The lowest BCUT2D eigenvalue weighted by atomic mass is 9.93. The fourth-order valence-corrected chi connectivity index (χ4v) is 5.81. The molecule has 2 aliphatic rings. The van der Waals surface area contributed by atoms with Gasteiger partial charge in [0.2, 0.25) is 5.91 Å². The van der Waals surface area contributed by atoms with Gasteiger partial charge in [-0.15, -0.1) is 0 Å². The number of carbonyl (C=O) groups is 1. The number of benzene rings is 2. The molecule has 7 heteroatoms. The van der Waals surface area contributed by atoms with Crippen LogP contribution in [-0.2, 0) is 4.79 Å². The van der Waals surface area contributed by atoms with Crippen molar-refractivity contribution in [2.45, 2.75) is 69.9 Å². The maximum Gasteiger partial charge on any atom is 0.243 e. The quantitative estimate of drug-likeness (QED) is 0.409. The predicted molar refractivity (Wildman–Crippen MR) is 131 cm³/mol. The molecule has 2 fully saturated rings. The second-order valence-electron chi connectivity index (χ2n) is 9.40. The minimum absolute atomic E-state index is 0.0313. The number of imidazole rings is 1. The Hall–Kier alpha value is -2.11. The van der Waals surface area contributed by atoms with E-state index >= 15 is 0 Å². The van der Waals surface area contributed by atoms with Crippen LogP contribution in [0.3, 0.4) is 0 Å². The van der Waals surface area contributed by atoms with E-state index in [1.807, 2.05) is 16.7 Å². The highest BCUT2D eigenvalue weighted by atomic mass is 35.5. The minimum atomic E-state index is -0.513. The molecule has 1 N–H and O–H groups in total. The monoisotopic (exact) mass is 487 g/mol. The molecule has 33 heavy (non-hydrogen) atoms. The lowest BCUT2D eigenvalue weighted by molar-refractivity contribution is -0.126. The molecule has 0 aliphatic heterocycles. The molecule has 0 spiro atoms. The Morgan fingerprint density at radius 1 is 1.00 bits per heavy atom. The number of amides is 1. The van der Waals surface area contributed by atoms with E-state index in [-0.39, 0.29) is 22.9 Å². The number of hydrogen-bond acceptors (Lipinski definition) is 2. The van der Waals surface area contributed by atoms with Gasteiger partial charge in [0.1, 0.15) is 17.7 Å². The Morgan fingerprint density at radius 3 is 2.36 bits per heavy atom. The van der Waals surface area contributed by atoms with Crippen molar-refractivity contribution in [2.24, 2.45) is 5.92 Å². The zero-order valence-corrected chi connectivity index (χ0v) is 20.0. The first-order chi connectivity index (χ1) is 16.0. The first kappa shape index (κ1) is 22.7. The predicted octanol–water partition coefficient (Wildman–Crippen LogP) is 7.33. The smallest absolute Gasteiger partial charge is 0.243 e. The van der Waals surface area contributed by atoms with E-state index in [0.29, 0.717) is 21.9 Å². The molecule has 0 radical (unpaired) electrons. The van der Waals surface area contributed by atoms with Gasteiger partial charge < -0.3 is 9.88 Å². The van der Waals surface area contributed by atoms with Gasteiger partial charge >= 0.3 is 0 Å². The van der Waals surface area contributed by atoms with Gasteiger partial charge in [0.05, 0.1) is 16.1 Å². The van der Waals surface area contributed by atoms with Crippen LogP contribution in [0.15, 0.2) is 36.4 Å². The number of aromatic nitrogens is 2. The van der Waals surface area contributed by atoms with Crippen LogP contribution in [0.4, 0.5) is 4.39 Å². The van der Waals surface area contributed by atoms with Crippen molar-refractivity contribution >= 4 is 40.1 Å². The highest BCUT2D eigenvalue weighted by molar-refractivity contribution is 6.31. The Balaban J connectivity index is 1.65. The molecule has 1 aromatic heterocycles. The van der Waals surface area contributed by atoms with Crippen LogP contribution in [0.5, 0.6) is 0 Å². The van der Waals surface area contributed by atoms with E-state index in [2.05, 4.69) is 5.32 Å². The van der Waals surface area contributed by atoms with E-state index in [1.54, 1.807) is 18.2 Å². The van der Waals surface area contributed by atoms with Crippen molar-refractivity contribution in [3.8, 4) is 11.4 Å². The average Bonchev–Trinajstić information content (AvgIpc) is 3.45. The van der Waals surface area contributed by atoms with Gasteiger partial charge in [0.15, 0.2) is 0 Å². The largest absolute Gasteiger partial charge is 0.352 e. The minimum Gasteiger partial charge on any atom is -0.352 e. The van der Waals surface area contributed by atoms with Crippen molar-refractivity contribution in [1.82, 2.24) is 14.9 Å². The molecule has 174 valence electrons. The van der Waals surface area contributed by atoms with E-state index in [0.717, 1.165) is 56.9 Å². The fourth-order valence-electron chi connectivity index (χ4n) is 5.52.